The van der Waals surface area contributed by atoms with Crippen molar-refractivity contribution in [1.29, 1.82) is 0 Å². The molecule has 0 aliphatic heterocycles. The highest BCUT2D eigenvalue weighted by molar-refractivity contribution is 9.10. The summed E-state index contributed by atoms with van der Waals surface area (Å²) >= 11 is 3.37. The summed E-state index contributed by atoms with van der Waals surface area (Å²) in [5.41, 5.74) is 8.04. The minimum Gasteiger partial charge on any atom is -0.399 e. The zero-order valence-corrected chi connectivity index (χ0v) is 10.9. The number of anilines is 1. The maximum Gasteiger partial charge on any atom is 0.253 e. The topological polar surface area (TPSA) is 60.9 Å². The molecular weight excluding hydrogens is 282 g/mol. The van der Waals surface area contributed by atoms with Crippen molar-refractivity contribution in [3.63, 3.8) is 0 Å². The predicted octanol–water partition coefficient (Wildman–Crippen LogP) is 1.94. The maximum absolute atomic E-state index is 11.7. The van der Waals surface area contributed by atoms with Gasteiger partial charge in [0.15, 0.2) is 0 Å². The van der Waals surface area contributed by atoms with Crippen molar-refractivity contribution in [1.82, 2.24) is 9.55 Å². The first-order chi connectivity index (χ1) is 8.04. The Morgan fingerprint density at radius 1 is 1.35 bits per heavy atom. The van der Waals surface area contributed by atoms with E-state index < -0.39 is 0 Å². The molecule has 0 atom stereocenters. The number of nitrogens with zero attached hydrogens (tertiary/aromatic N) is 2. The molecule has 1 heterocycles. The van der Waals surface area contributed by atoms with Crippen LogP contribution in [0, 0.1) is 6.92 Å². The summed E-state index contributed by atoms with van der Waals surface area (Å²) in [7, 11) is 0. The quantitative estimate of drug-likeness (QED) is 0.861. The molecule has 0 amide bonds. The van der Waals surface area contributed by atoms with E-state index in [9.17, 15) is 4.79 Å². The highest BCUT2D eigenvalue weighted by atomic mass is 79.9. The minimum absolute atomic E-state index is 0.0592. The van der Waals surface area contributed by atoms with E-state index in [4.69, 9.17) is 5.73 Å². The van der Waals surface area contributed by atoms with Crippen molar-refractivity contribution in [3.05, 3.63) is 56.7 Å². The second-order valence-electron chi connectivity index (χ2n) is 3.89. The van der Waals surface area contributed by atoms with E-state index in [2.05, 4.69) is 20.9 Å². The average molecular weight is 294 g/mol. The number of halogens is 1. The molecule has 0 bridgehead atoms. The van der Waals surface area contributed by atoms with Crippen LogP contribution in [-0.2, 0) is 6.54 Å². The SMILES string of the molecule is Cc1cc(=O)n(Cc2cc(N)cc(Br)c2)cn1. The fraction of sp³-hybridized carbons (Fsp3) is 0.167. The Morgan fingerprint density at radius 3 is 2.76 bits per heavy atom. The average Bonchev–Trinajstić information content (AvgIpc) is 2.21. The summed E-state index contributed by atoms with van der Waals surface area (Å²) in [4.78, 5) is 15.8. The first-order valence-electron chi connectivity index (χ1n) is 5.12. The normalized spacial score (nSPS) is 10.5. The molecule has 0 saturated carbocycles. The van der Waals surface area contributed by atoms with Crippen LogP contribution in [0.3, 0.4) is 0 Å². The second kappa shape index (κ2) is 4.71. The van der Waals surface area contributed by atoms with Gasteiger partial charge in [0.25, 0.3) is 5.56 Å². The number of benzene rings is 1. The number of hydrogen-bond acceptors (Lipinski definition) is 3. The lowest BCUT2D eigenvalue weighted by molar-refractivity contribution is 0.730. The monoisotopic (exact) mass is 293 g/mol. The molecule has 1 aromatic carbocycles. The van der Waals surface area contributed by atoms with E-state index in [1.165, 1.54) is 6.07 Å². The lowest BCUT2D eigenvalue weighted by Crippen LogP contribution is -2.20. The molecule has 0 fully saturated rings. The standard InChI is InChI=1S/C12H12BrN3O/c1-8-2-12(17)16(7-15-8)6-9-3-10(13)5-11(14)4-9/h2-5,7H,6,14H2,1H3. The Balaban J connectivity index is 2.34. The third kappa shape index (κ3) is 2.94. The molecule has 88 valence electrons. The molecule has 1 aromatic heterocycles. The van der Waals surface area contributed by atoms with E-state index in [0.717, 1.165) is 15.7 Å². The third-order valence-corrected chi connectivity index (χ3v) is 2.81. The zero-order chi connectivity index (χ0) is 12.4. The van der Waals surface area contributed by atoms with Crippen molar-refractivity contribution in [2.24, 2.45) is 0 Å². The number of aromatic nitrogens is 2. The van der Waals surface area contributed by atoms with Gasteiger partial charge in [0.05, 0.1) is 12.9 Å². The summed E-state index contributed by atoms with van der Waals surface area (Å²) in [6, 6.07) is 7.11. The van der Waals surface area contributed by atoms with Crippen LogP contribution in [0.1, 0.15) is 11.3 Å². The molecule has 17 heavy (non-hydrogen) atoms. The number of nitrogen functional groups attached to an aromatic ring is 1. The van der Waals surface area contributed by atoms with Crippen molar-refractivity contribution in [2.75, 3.05) is 5.73 Å². The van der Waals surface area contributed by atoms with Gasteiger partial charge in [-0.25, -0.2) is 4.98 Å². The summed E-state index contributed by atoms with van der Waals surface area (Å²) in [6.07, 6.45) is 1.55. The van der Waals surface area contributed by atoms with Crippen molar-refractivity contribution < 1.29 is 0 Å². The molecule has 0 unspecified atom stereocenters. The van der Waals surface area contributed by atoms with E-state index in [-0.39, 0.29) is 5.56 Å². The van der Waals surface area contributed by atoms with Gasteiger partial charge in [-0.3, -0.25) is 9.36 Å². The van der Waals surface area contributed by atoms with Crippen molar-refractivity contribution >= 4 is 21.6 Å². The Bertz CT molecular complexity index is 587. The molecule has 0 aliphatic rings. The Hall–Kier alpha value is -1.62. The van der Waals surface area contributed by atoms with E-state index in [0.29, 0.717) is 12.2 Å². The van der Waals surface area contributed by atoms with E-state index in [1.54, 1.807) is 17.8 Å². The van der Waals surface area contributed by atoms with Crippen LogP contribution >= 0.6 is 15.9 Å². The molecule has 0 radical (unpaired) electrons. The van der Waals surface area contributed by atoms with Gasteiger partial charge >= 0.3 is 0 Å². The largest absolute Gasteiger partial charge is 0.399 e. The number of aryl methyl sites for hydroxylation is 1. The van der Waals surface area contributed by atoms with Crippen LogP contribution in [0.25, 0.3) is 0 Å². The lowest BCUT2D eigenvalue weighted by Gasteiger charge is -2.07. The first kappa shape index (κ1) is 11.9. The molecule has 2 aromatic rings. The van der Waals surface area contributed by atoms with Gasteiger partial charge in [0.2, 0.25) is 0 Å². The van der Waals surface area contributed by atoms with Gasteiger partial charge < -0.3 is 5.73 Å². The molecule has 4 nitrogen and oxygen atoms in total. The molecule has 5 heteroatoms. The first-order valence-corrected chi connectivity index (χ1v) is 5.92. The van der Waals surface area contributed by atoms with Gasteiger partial charge in [-0.2, -0.15) is 0 Å². The van der Waals surface area contributed by atoms with Gasteiger partial charge in [-0.1, -0.05) is 15.9 Å². The second-order valence-corrected chi connectivity index (χ2v) is 4.80. The van der Waals surface area contributed by atoms with E-state index >= 15 is 0 Å². The fourth-order valence-corrected chi connectivity index (χ4v) is 2.16. The van der Waals surface area contributed by atoms with Crippen LogP contribution in [0.2, 0.25) is 0 Å². The number of hydrogen-bond donors (Lipinski definition) is 1. The zero-order valence-electron chi connectivity index (χ0n) is 9.35. The van der Waals surface area contributed by atoms with Crippen LogP contribution in [0.15, 0.2) is 39.9 Å². The summed E-state index contributed by atoms with van der Waals surface area (Å²) in [5.74, 6) is 0. The van der Waals surface area contributed by atoms with Crippen LogP contribution in [-0.4, -0.2) is 9.55 Å². The van der Waals surface area contributed by atoms with Gasteiger partial charge in [0.1, 0.15) is 0 Å². The molecule has 2 N–H and O–H groups in total. The van der Waals surface area contributed by atoms with Gasteiger partial charge in [0, 0.05) is 21.9 Å². The van der Waals surface area contributed by atoms with Crippen molar-refractivity contribution in [3.8, 4) is 0 Å². The fourth-order valence-electron chi connectivity index (χ4n) is 1.60. The Kier molecular flexibility index (Phi) is 3.28. The summed E-state index contributed by atoms with van der Waals surface area (Å²) in [6.45, 7) is 2.26. The van der Waals surface area contributed by atoms with Gasteiger partial charge in [-0.15, -0.1) is 0 Å². The molecule has 2 rings (SSSR count). The maximum atomic E-state index is 11.7. The van der Waals surface area contributed by atoms with Crippen LogP contribution in [0.4, 0.5) is 5.69 Å². The van der Waals surface area contributed by atoms with Crippen molar-refractivity contribution in [2.45, 2.75) is 13.5 Å². The summed E-state index contributed by atoms with van der Waals surface area (Å²) < 4.78 is 2.45. The number of nitrogens with two attached hydrogens (primary N) is 1. The molecule has 0 saturated heterocycles. The van der Waals surface area contributed by atoms with E-state index in [1.807, 2.05) is 18.2 Å². The lowest BCUT2D eigenvalue weighted by atomic mass is 10.2. The molecule has 0 spiro atoms. The Morgan fingerprint density at radius 2 is 2.12 bits per heavy atom. The molecular formula is C12H12BrN3O. The number of rotatable bonds is 2. The van der Waals surface area contributed by atoms with Crippen LogP contribution in [0.5, 0.6) is 0 Å². The van der Waals surface area contributed by atoms with Gasteiger partial charge in [-0.05, 0) is 30.7 Å². The Labute approximate surface area is 107 Å². The van der Waals surface area contributed by atoms with Crippen LogP contribution < -0.4 is 11.3 Å². The highest BCUT2D eigenvalue weighted by Gasteiger charge is 2.01. The third-order valence-electron chi connectivity index (χ3n) is 2.35. The smallest absolute Gasteiger partial charge is 0.253 e. The summed E-state index contributed by atoms with van der Waals surface area (Å²) in [5, 5.41) is 0. The minimum atomic E-state index is -0.0592. The molecule has 0 aliphatic carbocycles. The highest BCUT2D eigenvalue weighted by Crippen LogP contribution is 2.17. The predicted molar refractivity (Wildman–Crippen MR) is 70.9 cm³/mol.